The molecule has 0 amide bonds. The summed E-state index contributed by atoms with van der Waals surface area (Å²) in [6, 6.07) is 0. The summed E-state index contributed by atoms with van der Waals surface area (Å²) >= 11 is 0. The number of guanidine groups is 3. The SMILES string of the molecule is CN1CCCN(C)C1=NCCN(CCN=C1N(C)CCCN1C)CCN=C1N(C)CCCN1C.[Cu+2].[O-][Cl+3]([O-])([O-])[O-]. The quantitative estimate of drug-likeness (QED) is 0.224. The molecule has 0 bridgehead atoms. The maximum atomic E-state index is 8.49. The minimum Gasteiger partial charge on any atom is -0.346 e. The fourth-order valence-corrected chi connectivity index (χ4v) is 5.04. The van der Waals surface area contributed by atoms with E-state index in [0.29, 0.717) is 0 Å². The molecule has 0 spiro atoms. The van der Waals surface area contributed by atoms with Gasteiger partial charge in [-0.3, -0.25) is 19.9 Å². The Hall–Kier alpha value is -1.58. The number of hydrogen-bond acceptors (Lipinski definition) is 8. The van der Waals surface area contributed by atoms with Gasteiger partial charge in [-0.25, -0.2) is 18.6 Å². The molecule has 0 aromatic heterocycles. The molecule has 0 saturated carbocycles. The smallest absolute Gasteiger partial charge is 0.346 e. The van der Waals surface area contributed by atoms with Crippen LogP contribution in [0.15, 0.2) is 15.0 Å². The van der Waals surface area contributed by atoms with E-state index in [1.54, 1.807) is 0 Å². The summed E-state index contributed by atoms with van der Waals surface area (Å²) in [4.78, 5) is 31.0. The third-order valence-electron chi connectivity index (χ3n) is 7.02. The molecule has 14 nitrogen and oxygen atoms in total. The Morgan fingerprint density at radius 2 is 0.725 bits per heavy atom. The number of hydrogen-bond donors (Lipinski definition) is 0. The number of halogens is 1. The van der Waals surface area contributed by atoms with E-state index >= 15 is 0 Å². The normalized spacial score (nSPS) is 18.5. The molecule has 0 N–H and O–H groups in total. The van der Waals surface area contributed by atoms with Crippen molar-refractivity contribution < 1.29 is 45.9 Å². The maximum Gasteiger partial charge on any atom is 2.00 e. The van der Waals surface area contributed by atoms with E-state index in [-0.39, 0.29) is 17.1 Å². The van der Waals surface area contributed by atoms with Crippen molar-refractivity contribution in [3.63, 3.8) is 0 Å². The van der Waals surface area contributed by atoms with Gasteiger partial charge in [0.2, 0.25) is 0 Å². The van der Waals surface area contributed by atoms with Crippen LogP contribution in [0.25, 0.3) is 0 Å². The van der Waals surface area contributed by atoms with Gasteiger partial charge < -0.3 is 29.4 Å². The minimum atomic E-state index is -4.94. The van der Waals surface area contributed by atoms with Gasteiger partial charge in [0.05, 0.1) is 19.6 Å². The van der Waals surface area contributed by atoms with Gasteiger partial charge in [0, 0.05) is 101 Å². The van der Waals surface area contributed by atoms with Gasteiger partial charge in [-0.05, 0) is 19.3 Å². The molecule has 0 unspecified atom stereocenters. The molecule has 40 heavy (non-hydrogen) atoms. The molecule has 3 fully saturated rings. The van der Waals surface area contributed by atoms with Gasteiger partial charge in [0.25, 0.3) is 0 Å². The molecule has 3 rings (SSSR count). The summed E-state index contributed by atoms with van der Waals surface area (Å²) in [6.07, 6.45) is 3.60. The van der Waals surface area contributed by atoms with E-state index in [9.17, 15) is 0 Å². The van der Waals surface area contributed by atoms with E-state index in [1.807, 2.05) is 0 Å². The fourth-order valence-electron chi connectivity index (χ4n) is 5.04. The van der Waals surface area contributed by atoms with Crippen LogP contribution in [0.3, 0.4) is 0 Å². The van der Waals surface area contributed by atoms with Crippen LogP contribution in [0.5, 0.6) is 0 Å². The van der Waals surface area contributed by atoms with Crippen molar-refractivity contribution in [1.29, 1.82) is 0 Å². The number of rotatable bonds is 9. The zero-order chi connectivity index (χ0) is 29.0. The van der Waals surface area contributed by atoms with Crippen molar-refractivity contribution in [2.24, 2.45) is 15.0 Å². The van der Waals surface area contributed by atoms with Gasteiger partial charge in [0.1, 0.15) is 0 Å². The van der Waals surface area contributed by atoms with Crippen LogP contribution >= 0.6 is 0 Å². The number of aliphatic imine (C=N–C) groups is 3. The maximum absolute atomic E-state index is 8.49. The van der Waals surface area contributed by atoms with Gasteiger partial charge >= 0.3 is 17.1 Å². The van der Waals surface area contributed by atoms with Crippen LogP contribution in [0, 0.1) is 10.2 Å². The molecule has 0 atom stereocenters. The van der Waals surface area contributed by atoms with Gasteiger partial charge in [0.15, 0.2) is 17.9 Å². The van der Waals surface area contributed by atoms with E-state index in [1.165, 1.54) is 19.3 Å². The zero-order valence-electron chi connectivity index (χ0n) is 24.9. The Bertz CT molecular complexity index is 695. The van der Waals surface area contributed by atoms with Gasteiger partial charge in [-0.15, -0.1) is 10.2 Å². The first-order valence-electron chi connectivity index (χ1n) is 13.6. The first kappa shape index (κ1) is 36.4. The third-order valence-corrected chi connectivity index (χ3v) is 7.02. The van der Waals surface area contributed by atoms with Crippen molar-refractivity contribution in [3.8, 4) is 0 Å². The van der Waals surface area contributed by atoms with Crippen molar-refractivity contribution >= 4 is 17.9 Å². The van der Waals surface area contributed by atoms with Crippen LogP contribution in [-0.2, 0) is 17.1 Å². The third kappa shape index (κ3) is 13.4. The molecule has 3 heterocycles. The molecule has 0 aromatic rings. The van der Waals surface area contributed by atoms with E-state index in [2.05, 4.69) is 76.6 Å². The second kappa shape index (κ2) is 18.1. The Morgan fingerprint density at radius 3 is 0.925 bits per heavy atom. The Morgan fingerprint density at radius 1 is 0.525 bits per heavy atom. The van der Waals surface area contributed by atoms with Crippen molar-refractivity contribution in [2.75, 3.05) is 121 Å². The first-order chi connectivity index (χ1) is 18.4. The summed E-state index contributed by atoms with van der Waals surface area (Å²) in [5, 5.41) is 0. The molecular weight excluding hydrogens is 591 g/mol. The summed E-state index contributed by atoms with van der Waals surface area (Å²) in [6.45, 7) is 11.7. The van der Waals surface area contributed by atoms with E-state index in [4.69, 9.17) is 33.6 Å². The molecule has 16 heteroatoms. The van der Waals surface area contributed by atoms with Gasteiger partial charge in [-0.2, -0.15) is 0 Å². The second-order valence-corrected chi connectivity index (χ2v) is 11.1. The van der Waals surface area contributed by atoms with Gasteiger partial charge in [-0.1, -0.05) is 0 Å². The Balaban J connectivity index is 0.00000122. The average Bonchev–Trinajstić information content (AvgIpc) is 2.83. The topological polar surface area (TPSA) is 152 Å². The first-order valence-corrected chi connectivity index (χ1v) is 14.8. The van der Waals surface area contributed by atoms with Crippen molar-refractivity contribution in [2.45, 2.75) is 19.3 Å². The fraction of sp³-hybridized carbons (Fsp3) is 0.875. The summed E-state index contributed by atoms with van der Waals surface area (Å²) in [7, 11) is 7.93. The van der Waals surface area contributed by atoms with E-state index < -0.39 is 10.2 Å². The van der Waals surface area contributed by atoms with Crippen LogP contribution < -0.4 is 18.6 Å². The Labute approximate surface area is 252 Å². The molecule has 0 aliphatic carbocycles. The van der Waals surface area contributed by atoms with Crippen LogP contribution in [-0.4, -0.2) is 173 Å². The number of nitrogens with zero attached hydrogens (tertiary/aromatic N) is 10. The molecule has 0 aromatic carbocycles. The Kier molecular flexibility index (Phi) is 16.5. The van der Waals surface area contributed by atoms with Crippen molar-refractivity contribution in [1.82, 2.24) is 34.3 Å². The second-order valence-electron chi connectivity index (χ2n) is 10.4. The zero-order valence-corrected chi connectivity index (χ0v) is 26.6. The summed E-state index contributed by atoms with van der Waals surface area (Å²) in [5.74, 6) is 3.34. The summed E-state index contributed by atoms with van der Waals surface area (Å²) in [5.41, 5.74) is 0. The average molecular weight is 640 g/mol. The predicted octanol–water partition coefficient (Wildman–Crippen LogP) is -4.60. The minimum absolute atomic E-state index is 0. The largest absolute Gasteiger partial charge is 2.00 e. The monoisotopic (exact) mass is 638 g/mol. The standard InChI is InChI=1S/C24H48N10.ClHO4.Cu/c1-28-13-7-14-29(2)22(28)25-10-19-34(20-11-26-23-30(3)15-8-16-31(23)4)21-12-27-24-32(5)17-9-18-33(24)6;2-1(3,4)5;/h7-21H2,1-6H3;(H,2,3,4,5);/q;;+2/p-1. The summed E-state index contributed by atoms with van der Waals surface area (Å²) < 4.78 is 34.0. The predicted molar refractivity (Wildman–Crippen MR) is 143 cm³/mol. The van der Waals surface area contributed by atoms with Crippen LogP contribution in [0.2, 0.25) is 0 Å². The molecule has 1 radical (unpaired) electrons. The molecule has 3 aliphatic heterocycles. The van der Waals surface area contributed by atoms with E-state index in [0.717, 1.165) is 96.4 Å². The molecule has 3 saturated heterocycles. The van der Waals surface area contributed by atoms with Crippen LogP contribution in [0.4, 0.5) is 0 Å². The molecule has 235 valence electrons. The molecule has 3 aliphatic rings. The van der Waals surface area contributed by atoms with Crippen LogP contribution in [0.1, 0.15) is 19.3 Å². The molecular formula is C24H48ClCuN10O4+. The van der Waals surface area contributed by atoms with Crippen molar-refractivity contribution in [3.05, 3.63) is 0 Å².